The zero-order valence-electron chi connectivity index (χ0n) is 9.29. The molecule has 0 saturated carbocycles. The molecule has 0 spiro atoms. The Balaban J connectivity index is 3.70. The van der Waals surface area contributed by atoms with Crippen molar-refractivity contribution < 1.29 is 9.53 Å². The van der Waals surface area contributed by atoms with Gasteiger partial charge in [0.25, 0.3) is 0 Å². The Bertz CT molecular complexity index is 176. The summed E-state index contributed by atoms with van der Waals surface area (Å²) in [6, 6.07) is 0. The van der Waals surface area contributed by atoms with Gasteiger partial charge in [-0.2, -0.15) is 0 Å². The summed E-state index contributed by atoms with van der Waals surface area (Å²) in [4.78, 5) is 15.0. The van der Waals surface area contributed by atoms with E-state index < -0.39 is 0 Å². The van der Waals surface area contributed by atoms with Crippen LogP contribution in [0.3, 0.4) is 0 Å². The molecule has 0 aliphatic carbocycles. The van der Waals surface area contributed by atoms with Gasteiger partial charge in [0.2, 0.25) is 0 Å². The van der Waals surface area contributed by atoms with E-state index in [1.807, 2.05) is 21.1 Å². The number of likely N-dealkylation sites (N-methyl/N-ethyl adjacent to an activating group) is 2. The Kier molecular flexibility index (Phi) is 7.13. The average molecular weight is 267 g/mol. The molecular weight excluding hydrogens is 248 g/mol. The van der Waals surface area contributed by atoms with E-state index in [0.717, 1.165) is 13.1 Å². The largest absolute Gasteiger partial charge is 0.468 e. The van der Waals surface area contributed by atoms with Crippen LogP contribution in [0.4, 0.5) is 0 Å². The summed E-state index contributed by atoms with van der Waals surface area (Å²) in [6.45, 7) is 2.59. The molecule has 5 heteroatoms. The molecule has 84 valence electrons. The van der Waals surface area contributed by atoms with Crippen molar-refractivity contribution in [2.45, 2.75) is 4.83 Å². The van der Waals surface area contributed by atoms with E-state index in [-0.39, 0.29) is 10.8 Å². The van der Waals surface area contributed by atoms with Gasteiger partial charge >= 0.3 is 5.97 Å². The summed E-state index contributed by atoms with van der Waals surface area (Å²) in [6.07, 6.45) is 0. The summed E-state index contributed by atoms with van der Waals surface area (Å²) in [5.41, 5.74) is 0. The van der Waals surface area contributed by atoms with Crippen LogP contribution in [-0.2, 0) is 9.53 Å². The lowest BCUT2D eigenvalue weighted by Crippen LogP contribution is -2.35. The highest BCUT2D eigenvalue weighted by atomic mass is 79.9. The van der Waals surface area contributed by atoms with Crippen molar-refractivity contribution >= 4 is 21.9 Å². The van der Waals surface area contributed by atoms with Crippen LogP contribution in [0.1, 0.15) is 0 Å². The lowest BCUT2D eigenvalue weighted by molar-refractivity contribution is -0.140. The maximum atomic E-state index is 11.1. The van der Waals surface area contributed by atoms with Gasteiger partial charge in [-0.25, -0.2) is 0 Å². The molecule has 0 aromatic heterocycles. The third-order valence-electron chi connectivity index (χ3n) is 1.86. The Morgan fingerprint density at radius 3 is 2.36 bits per heavy atom. The molecule has 0 saturated heterocycles. The molecule has 1 atom stereocenters. The first kappa shape index (κ1) is 13.9. The number of carbonyl (C=O) groups is 1. The molecule has 0 aromatic rings. The summed E-state index contributed by atoms with van der Waals surface area (Å²) in [5, 5.41) is 0. The molecule has 14 heavy (non-hydrogen) atoms. The summed E-state index contributed by atoms with van der Waals surface area (Å²) in [5.74, 6) is -0.221. The number of rotatable bonds is 6. The molecule has 0 aliphatic heterocycles. The molecule has 0 radical (unpaired) electrons. The van der Waals surface area contributed by atoms with Crippen molar-refractivity contribution in [3.63, 3.8) is 0 Å². The molecule has 0 N–H and O–H groups in total. The number of methoxy groups -OCH3 is 1. The minimum atomic E-state index is -0.236. The van der Waals surface area contributed by atoms with E-state index in [1.54, 1.807) is 0 Å². The maximum absolute atomic E-state index is 11.1. The van der Waals surface area contributed by atoms with E-state index in [2.05, 4.69) is 30.5 Å². The fourth-order valence-electron chi connectivity index (χ4n) is 0.938. The highest BCUT2D eigenvalue weighted by molar-refractivity contribution is 9.10. The Morgan fingerprint density at radius 1 is 1.36 bits per heavy atom. The first-order valence-corrected chi connectivity index (χ1v) is 5.44. The van der Waals surface area contributed by atoms with Gasteiger partial charge in [-0.15, -0.1) is 0 Å². The van der Waals surface area contributed by atoms with Crippen LogP contribution >= 0.6 is 15.9 Å². The number of halogens is 1. The number of hydrogen-bond acceptors (Lipinski definition) is 4. The van der Waals surface area contributed by atoms with Crippen LogP contribution in [0.25, 0.3) is 0 Å². The summed E-state index contributed by atoms with van der Waals surface area (Å²) < 4.78 is 4.62. The molecule has 0 rings (SSSR count). The monoisotopic (exact) mass is 266 g/mol. The summed E-state index contributed by atoms with van der Waals surface area (Å²) >= 11 is 3.28. The second kappa shape index (κ2) is 7.20. The van der Waals surface area contributed by atoms with Gasteiger partial charge in [0, 0.05) is 19.6 Å². The van der Waals surface area contributed by atoms with Crippen LogP contribution in [0.15, 0.2) is 0 Å². The number of carbonyl (C=O) groups excluding carboxylic acids is 1. The highest BCUT2D eigenvalue weighted by Gasteiger charge is 2.16. The molecule has 0 bridgehead atoms. The second-order valence-electron chi connectivity index (χ2n) is 3.56. The standard InChI is InChI=1S/C9H19BrN2O2/c1-11(2)5-6-12(3)7-8(10)9(13)14-4/h8H,5-7H2,1-4H3. The van der Waals surface area contributed by atoms with Crippen LogP contribution in [0.2, 0.25) is 0 Å². The van der Waals surface area contributed by atoms with Crippen molar-refractivity contribution in [1.82, 2.24) is 9.80 Å². The molecule has 1 unspecified atom stereocenters. The van der Waals surface area contributed by atoms with Crippen molar-refractivity contribution in [1.29, 1.82) is 0 Å². The molecular formula is C9H19BrN2O2. The quantitative estimate of drug-likeness (QED) is 0.515. The first-order valence-electron chi connectivity index (χ1n) is 4.52. The predicted molar refractivity (Wildman–Crippen MR) is 60.8 cm³/mol. The Morgan fingerprint density at radius 2 is 1.93 bits per heavy atom. The topological polar surface area (TPSA) is 32.8 Å². The third kappa shape index (κ3) is 6.34. The Labute approximate surface area is 94.3 Å². The van der Waals surface area contributed by atoms with E-state index in [4.69, 9.17) is 0 Å². The number of esters is 1. The molecule has 0 fully saturated rings. The molecule has 4 nitrogen and oxygen atoms in total. The summed E-state index contributed by atoms with van der Waals surface area (Å²) in [7, 11) is 7.44. The SMILES string of the molecule is COC(=O)C(Br)CN(C)CCN(C)C. The smallest absolute Gasteiger partial charge is 0.320 e. The van der Waals surface area contributed by atoms with E-state index >= 15 is 0 Å². The van der Waals surface area contributed by atoms with Crippen molar-refractivity contribution in [2.75, 3.05) is 47.9 Å². The van der Waals surface area contributed by atoms with Crippen molar-refractivity contribution in [2.24, 2.45) is 0 Å². The maximum Gasteiger partial charge on any atom is 0.320 e. The van der Waals surface area contributed by atoms with E-state index in [1.165, 1.54) is 7.11 Å². The molecule has 0 aliphatic rings. The van der Waals surface area contributed by atoms with Gasteiger partial charge in [-0.1, -0.05) is 15.9 Å². The normalized spacial score (nSPS) is 13.4. The first-order chi connectivity index (χ1) is 6.47. The Hall–Kier alpha value is -0.130. The lowest BCUT2D eigenvalue weighted by atomic mass is 10.4. The minimum Gasteiger partial charge on any atom is -0.468 e. The number of hydrogen-bond donors (Lipinski definition) is 0. The van der Waals surface area contributed by atoms with Gasteiger partial charge in [0.1, 0.15) is 4.83 Å². The van der Waals surface area contributed by atoms with Crippen LogP contribution < -0.4 is 0 Å². The van der Waals surface area contributed by atoms with Crippen molar-refractivity contribution in [3.05, 3.63) is 0 Å². The number of nitrogens with zero attached hydrogens (tertiary/aromatic N) is 2. The zero-order valence-corrected chi connectivity index (χ0v) is 10.9. The van der Waals surface area contributed by atoms with Gasteiger partial charge in [0.05, 0.1) is 7.11 Å². The second-order valence-corrected chi connectivity index (χ2v) is 4.66. The van der Waals surface area contributed by atoms with Gasteiger partial charge in [0.15, 0.2) is 0 Å². The fourth-order valence-corrected chi connectivity index (χ4v) is 1.62. The molecule has 0 heterocycles. The van der Waals surface area contributed by atoms with E-state index in [0.29, 0.717) is 6.54 Å². The third-order valence-corrected chi connectivity index (χ3v) is 2.52. The van der Waals surface area contributed by atoms with Crippen LogP contribution in [-0.4, -0.2) is 68.5 Å². The highest BCUT2D eigenvalue weighted by Crippen LogP contribution is 2.03. The predicted octanol–water partition coefficient (Wildman–Crippen LogP) is 0.416. The average Bonchev–Trinajstić information content (AvgIpc) is 2.13. The van der Waals surface area contributed by atoms with Gasteiger partial charge < -0.3 is 14.5 Å². The fraction of sp³-hybridized carbons (Fsp3) is 0.889. The number of ether oxygens (including phenoxy) is 1. The van der Waals surface area contributed by atoms with Crippen LogP contribution in [0, 0.1) is 0 Å². The lowest BCUT2D eigenvalue weighted by Gasteiger charge is -2.20. The van der Waals surface area contributed by atoms with Crippen molar-refractivity contribution in [3.8, 4) is 0 Å². The zero-order chi connectivity index (χ0) is 11.1. The minimum absolute atomic E-state index is 0.221. The number of alkyl halides is 1. The van der Waals surface area contributed by atoms with E-state index in [9.17, 15) is 4.79 Å². The van der Waals surface area contributed by atoms with Gasteiger partial charge in [-0.05, 0) is 21.1 Å². The molecule has 0 amide bonds. The van der Waals surface area contributed by atoms with Gasteiger partial charge in [-0.3, -0.25) is 4.79 Å². The molecule has 0 aromatic carbocycles. The van der Waals surface area contributed by atoms with Crippen LogP contribution in [0.5, 0.6) is 0 Å².